The van der Waals surface area contributed by atoms with Crippen molar-refractivity contribution in [3.05, 3.63) is 76.6 Å². The van der Waals surface area contributed by atoms with Crippen molar-refractivity contribution in [3.63, 3.8) is 0 Å². The van der Waals surface area contributed by atoms with Gasteiger partial charge in [0.2, 0.25) is 0 Å². The first kappa shape index (κ1) is 22.0. The third-order valence-corrected chi connectivity index (χ3v) is 5.53. The van der Waals surface area contributed by atoms with E-state index in [4.69, 9.17) is 14.2 Å². The molecule has 33 heavy (non-hydrogen) atoms. The molecule has 1 aliphatic rings. The minimum atomic E-state index is -0.429. The molecule has 3 aromatic rings. The summed E-state index contributed by atoms with van der Waals surface area (Å²) in [6.45, 7) is 5.25. The molecular weight excluding hydrogens is 418 g/mol. The summed E-state index contributed by atoms with van der Waals surface area (Å²) in [4.78, 5) is 12.7. The summed E-state index contributed by atoms with van der Waals surface area (Å²) in [6, 6.07) is 17.3. The van der Waals surface area contributed by atoms with E-state index in [2.05, 4.69) is 9.88 Å². The lowest BCUT2D eigenvalue weighted by Gasteiger charge is -2.18. The van der Waals surface area contributed by atoms with Gasteiger partial charge in [0.1, 0.15) is 30.6 Å². The molecule has 0 fully saturated rings. The van der Waals surface area contributed by atoms with Crippen LogP contribution in [0.4, 0.5) is 0 Å². The molecule has 2 heterocycles. The number of hydrogen-bond donors (Lipinski definition) is 1. The second-order valence-corrected chi connectivity index (χ2v) is 7.69. The van der Waals surface area contributed by atoms with E-state index in [0.29, 0.717) is 24.7 Å². The number of ether oxygens (including phenoxy) is 3. The van der Waals surface area contributed by atoms with Crippen LogP contribution in [0.3, 0.4) is 0 Å². The van der Waals surface area contributed by atoms with Gasteiger partial charge in [-0.1, -0.05) is 6.07 Å². The van der Waals surface area contributed by atoms with Crippen molar-refractivity contribution in [2.24, 2.45) is 0 Å². The van der Waals surface area contributed by atoms with Gasteiger partial charge in [0.05, 0.1) is 7.11 Å². The summed E-state index contributed by atoms with van der Waals surface area (Å²) in [7, 11) is 1.63. The molecule has 1 N–H and O–H groups in total. The summed E-state index contributed by atoms with van der Waals surface area (Å²) in [6.07, 6.45) is 1.63. The van der Waals surface area contributed by atoms with Crippen LogP contribution < -0.4 is 19.5 Å². The molecule has 4 rings (SSSR count). The molecule has 1 amide bonds. The van der Waals surface area contributed by atoms with Crippen LogP contribution in [0.25, 0.3) is 11.8 Å². The Morgan fingerprint density at radius 3 is 2.55 bits per heavy atom. The Kier molecular flexibility index (Phi) is 6.36. The van der Waals surface area contributed by atoms with Gasteiger partial charge in [0, 0.05) is 23.6 Å². The molecule has 0 saturated carbocycles. The van der Waals surface area contributed by atoms with Gasteiger partial charge in [-0.05, 0) is 73.5 Å². The summed E-state index contributed by atoms with van der Waals surface area (Å²) in [5, 5.41) is 12.4. The van der Waals surface area contributed by atoms with Gasteiger partial charge in [-0.15, -0.1) is 0 Å². The number of methoxy groups -OCH3 is 1. The number of carbonyl (C=O) groups is 1. The monoisotopic (exact) mass is 443 g/mol. The van der Waals surface area contributed by atoms with E-state index in [1.807, 2.05) is 68.4 Å². The number of fused-ring (bicyclic) bond motifs is 1. The maximum atomic E-state index is 12.7. The number of aryl methyl sites for hydroxylation is 1. The van der Waals surface area contributed by atoms with Gasteiger partial charge < -0.3 is 24.1 Å². The molecule has 0 unspecified atom stereocenters. The second-order valence-electron chi connectivity index (χ2n) is 7.69. The fourth-order valence-electron chi connectivity index (χ4n) is 3.84. The number of hydrogen-bond acceptors (Lipinski definition) is 5. The van der Waals surface area contributed by atoms with E-state index in [1.165, 1.54) is 0 Å². The van der Waals surface area contributed by atoms with Crippen molar-refractivity contribution in [2.45, 2.75) is 20.4 Å². The van der Waals surface area contributed by atoms with Crippen LogP contribution in [0.1, 0.15) is 22.5 Å². The molecule has 0 spiro atoms. The number of rotatable bonds is 6. The topological polar surface area (TPSA) is 85.5 Å². The molecular formula is C26H25N3O4. The minimum absolute atomic E-state index is 0.0440. The van der Waals surface area contributed by atoms with Crippen molar-refractivity contribution >= 4 is 12.0 Å². The van der Waals surface area contributed by atoms with Crippen molar-refractivity contribution in [3.8, 4) is 29.0 Å². The van der Waals surface area contributed by atoms with Gasteiger partial charge in [-0.3, -0.25) is 4.79 Å². The van der Waals surface area contributed by atoms with Gasteiger partial charge in [0.25, 0.3) is 5.91 Å². The lowest BCUT2D eigenvalue weighted by atomic mass is 10.1. The van der Waals surface area contributed by atoms with Crippen molar-refractivity contribution < 1.29 is 19.0 Å². The summed E-state index contributed by atoms with van der Waals surface area (Å²) in [5.74, 6) is 1.71. The zero-order valence-corrected chi connectivity index (χ0v) is 18.8. The van der Waals surface area contributed by atoms with Gasteiger partial charge >= 0.3 is 0 Å². The molecule has 0 radical (unpaired) electrons. The van der Waals surface area contributed by atoms with Gasteiger partial charge in [0.15, 0.2) is 11.5 Å². The Morgan fingerprint density at radius 2 is 1.85 bits per heavy atom. The molecule has 0 aliphatic carbocycles. The normalized spacial score (nSPS) is 12.7. The number of nitriles is 1. The standard InChI is InChI=1S/C26H25N3O4/c1-17-12-20(18(2)29(17)22-5-7-23(31-3)8-6-22)14-21(15-27)26(30)28-16-19-4-9-24-25(13-19)33-11-10-32-24/h4-9,12-14H,10-11,16H2,1-3H3,(H,28,30)/b21-14+. The first-order chi connectivity index (χ1) is 16.0. The van der Waals surface area contributed by atoms with E-state index in [1.54, 1.807) is 13.2 Å². The maximum absolute atomic E-state index is 12.7. The molecule has 7 heteroatoms. The lowest BCUT2D eigenvalue weighted by Crippen LogP contribution is -2.24. The van der Waals surface area contributed by atoms with Crippen molar-refractivity contribution in [1.82, 2.24) is 9.88 Å². The second kappa shape index (κ2) is 9.53. The van der Waals surface area contributed by atoms with Crippen LogP contribution >= 0.6 is 0 Å². The lowest BCUT2D eigenvalue weighted by molar-refractivity contribution is -0.117. The number of benzene rings is 2. The van der Waals surface area contributed by atoms with Crippen molar-refractivity contribution in [2.75, 3.05) is 20.3 Å². The Morgan fingerprint density at radius 1 is 1.12 bits per heavy atom. The molecule has 0 atom stereocenters. The predicted octanol–water partition coefficient (Wildman–Crippen LogP) is 4.10. The molecule has 168 valence electrons. The Labute approximate surface area is 192 Å². The number of nitrogens with zero attached hydrogens (tertiary/aromatic N) is 2. The zero-order chi connectivity index (χ0) is 23.4. The van der Waals surface area contributed by atoms with Crippen molar-refractivity contribution in [1.29, 1.82) is 5.26 Å². The summed E-state index contributed by atoms with van der Waals surface area (Å²) >= 11 is 0. The van der Waals surface area contributed by atoms with Gasteiger partial charge in [-0.2, -0.15) is 5.26 Å². The zero-order valence-electron chi connectivity index (χ0n) is 18.8. The minimum Gasteiger partial charge on any atom is -0.497 e. The molecule has 0 saturated heterocycles. The maximum Gasteiger partial charge on any atom is 0.262 e. The molecule has 7 nitrogen and oxygen atoms in total. The first-order valence-electron chi connectivity index (χ1n) is 10.6. The largest absolute Gasteiger partial charge is 0.497 e. The quantitative estimate of drug-likeness (QED) is 0.458. The molecule has 0 bridgehead atoms. The highest BCUT2D eigenvalue weighted by atomic mass is 16.6. The van der Waals surface area contributed by atoms with Gasteiger partial charge in [-0.25, -0.2) is 0 Å². The molecule has 2 aromatic carbocycles. The van der Waals surface area contributed by atoms with E-state index in [0.717, 1.165) is 34.0 Å². The van der Waals surface area contributed by atoms with E-state index in [-0.39, 0.29) is 12.1 Å². The van der Waals surface area contributed by atoms with E-state index in [9.17, 15) is 10.1 Å². The summed E-state index contributed by atoms with van der Waals surface area (Å²) < 4.78 is 18.4. The highest BCUT2D eigenvalue weighted by Gasteiger charge is 2.15. The first-order valence-corrected chi connectivity index (χ1v) is 10.6. The van der Waals surface area contributed by atoms with Crippen LogP contribution in [0.15, 0.2) is 54.1 Å². The van der Waals surface area contributed by atoms with Crippen LogP contribution in [0, 0.1) is 25.2 Å². The van der Waals surface area contributed by atoms with Crippen LogP contribution in [-0.2, 0) is 11.3 Å². The molecule has 1 aliphatic heterocycles. The fourth-order valence-corrected chi connectivity index (χ4v) is 3.84. The Balaban J connectivity index is 1.51. The molecule has 1 aromatic heterocycles. The third-order valence-electron chi connectivity index (χ3n) is 5.53. The van der Waals surface area contributed by atoms with Crippen LogP contribution in [0.5, 0.6) is 17.2 Å². The number of carbonyl (C=O) groups excluding carboxylic acids is 1. The predicted molar refractivity (Wildman–Crippen MR) is 125 cm³/mol. The number of amides is 1. The van der Waals surface area contributed by atoms with E-state index < -0.39 is 5.91 Å². The van der Waals surface area contributed by atoms with Crippen LogP contribution in [-0.4, -0.2) is 30.8 Å². The SMILES string of the molecule is COc1ccc(-n2c(C)cc(/C=C(\C#N)C(=O)NCc3ccc4c(c3)OCCO4)c2C)cc1. The number of aromatic nitrogens is 1. The number of nitrogens with one attached hydrogen (secondary N) is 1. The summed E-state index contributed by atoms with van der Waals surface area (Å²) in [5.41, 5.74) is 4.63. The Bertz CT molecular complexity index is 1250. The fraction of sp³-hybridized carbons (Fsp3) is 0.231. The average molecular weight is 444 g/mol. The third kappa shape index (κ3) is 4.70. The average Bonchev–Trinajstić information content (AvgIpc) is 3.13. The Hall–Kier alpha value is -4.18. The van der Waals surface area contributed by atoms with Crippen LogP contribution in [0.2, 0.25) is 0 Å². The smallest absolute Gasteiger partial charge is 0.262 e. The highest BCUT2D eigenvalue weighted by molar-refractivity contribution is 6.01. The van der Waals surface area contributed by atoms with E-state index >= 15 is 0 Å². The highest BCUT2D eigenvalue weighted by Crippen LogP contribution is 2.30.